The highest BCUT2D eigenvalue weighted by Crippen LogP contribution is 2.49. The highest BCUT2D eigenvalue weighted by Gasteiger charge is 2.40. The molecule has 1 aromatic carbocycles. The predicted molar refractivity (Wildman–Crippen MR) is 81.1 cm³/mol. The maximum absolute atomic E-state index is 12.2. The van der Waals surface area contributed by atoms with Gasteiger partial charge in [-0.2, -0.15) is 0 Å². The van der Waals surface area contributed by atoms with Crippen molar-refractivity contribution >= 4 is 22.6 Å². The summed E-state index contributed by atoms with van der Waals surface area (Å²) < 4.78 is 0. The van der Waals surface area contributed by atoms with E-state index in [0.29, 0.717) is 12.3 Å². The summed E-state index contributed by atoms with van der Waals surface area (Å²) in [5.41, 5.74) is 1.99. The van der Waals surface area contributed by atoms with E-state index in [1.54, 1.807) is 12.1 Å². The molecule has 1 heterocycles. The van der Waals surface area contributed by atoms with E-state index in [2.05, 4.69) is 15.3 Å². The van der Waals surface area contributed by atoms with Crippen LogP contribution in [0.1, 0.15) is 32.1 Å². The first kappa shape index (κ1) is 12.7. The minimum Gasteiger partial charge on any atom is -0.326 e. The van der Waals surface area contributed by atoms with Crippen molar-refractivity contribution in [1.82, 2.24) is 9.97 Å². The molecule has 5 heteroatoms. The first-order chi connectivity index (χ1) is 10.2. The molecule has 4 rings (SSSR count). The SMILES string of the molecule is O=C(CC1CC2CCC1C2)Nc1ccc2[nH]c(=O)[nH]c2c1. The summed E-state index contributed by atoms with van der Waals surface area (Å²) in [6.45, 7) is 0. The second-order valence-corrected chi connectivity index (χ2v) is 6.53. The summed E-state index contributed by atoms with van der Waals surface area (Å²) >= 11 is 0. The van der Waals surface area contributed by atoms with E-state index >= 15 is 0 Å². The van der Waals surface area contributed by atoms with Gasteiger partial charge in [0.15, 0.2) is 0 Å². The molecule has 1 aromatic heterocycles. The number of fused-ring (bicyclic) bond motifs is 3. The monoisotopic (exact) mass is 285 g/mol. The maximum Gasteiger partial charge on any atom is 0.323 e. The maximum atomic E-state index is 12.2. The zero-order valence-electron chi connectivity index (χ0n) is 11.8. The number of amides is 1. The van der Waals surface area contributed by atoms with Crippen molar-refractivity contribution in [3.8, 4) is 0 Å². The second kappa shape index (κ2) is 4.76. The molecule has 1 amide bonds. The number of aromatic amines is 2. The predicted octanol–water partition coefficient (Wildman–Crippen LogP) is 2.62. The number of anilines is 1. The molecule has 0 spiro atoms. The molecule has 3 N–H and O–H groups in total. The van der Waals surface area contributed by atoms with Gasteiger partial charge in [0.25, 0.3) is 0 Å². The van der Waals surface area contributed by atoms with Crippen LogP contribution >= 0.6 is 0 Å². The Morgan fingerprint density at radius 3 is 2.81 bits per heavy atom. The number of hydrogen-bond donors (Lipinski definition) is 3. The Balaban J connectivity index is 1.44. The summed E-state index contributed by atoms with van der Waals surface area (Å²) in [6, 6.07) is 5.43. The number of hydrogen-bond acceptors (Lipinski definition) is 2. The molecule has 2 aliphatic rings. The van der Waals surface area contributed by atoms with Crippen molar-refractivity contribution in [2.45, 2.75) is 32.1 Å². The molecular formula is C16H19N3O2. The van der Waals surface area contributed by atoms with Crippen LogP contribution in [-0.4, -0.2) is 15.9 Å². The van der Waals surface area contributed by atoms with E-state index in [1.807, 2.05) is 6.07 Å². The Labute approximate surface area is 122 Å². The van der Waals surface area contributed by atoms with E-state index in [0.717, 1.165) is 28.6 Å². The number of nitrogens with one attached hydrogen (secondary N) is 3. The first-order valence-electron chi connectivity index (χ1n) is 7.69. The van der Waals surface area contributed by atoms with Gasteiger partial charge in [-0.15, -0.1) is 0 Å². The second-order valence-electron chi connectivity index (χ2n) is 6.53. The minimum absolute atomic E-state index is 0.0878. The van der Waals surface area contributed by atoms with Crippen LogP contribution < -0.4 is 11.0 Å². The van der Waals surface area contributed by atoms with Crippen LogP contribution in [0.25, 0.3) is 11.0 Å². The van der Waals surface area contributed by atoms with E-state index in [-0.39, 0.29) is 11.6 Å². The molecule has 2 bridgehead atoms. The number of carbonyl (C=O) groups excluding carboxylic acids is 1. The quantitative estimate of drug-likeness (QED) is 0.810. The number of H-pyrrole nitrogens is 2. The molecule has 2 aliphatic carbocycles. The van der Waals surface area contributed by atoms with Crippen molar-refractivity contribution in [2.75, 3.05) is 5.32 Å². The molecular weight excluding hydrogens is 266 g/mol. The van der Waals surface area contributed by atoms with Gasteiger partial charge in [-0.1, -0.05) is 6.42 Å². The molecule has 2 fully saturated rings. The van der Waals surface area contributed by atoms with Gasteiger partial charge in [0, 0.05) is 12.1 Å². The van der Waals surface area contributed by atoms with E-state index in [1.165, 1.54) is 25.7 Å². The highest BCUT2D eigenvalue weighted by molar-refractivity contribution is 5.93. The van der Waals surface area contributed by atoms with Crippen molar-refractivity contribution in [2.24, 2.45) is 17.8 Å². The average Bonchev–Trinajstić information content (AvgIpc) is 3.11. The number of imidazole rings is 1. The molecule has 5 nitrogen and oxygen atoms in total. The molecule has 21 heavy (non-hydrogen) atoms. The lowest BCUT2D eigenvalue weighted by Crippen LogP contribution is -2.20. The normalized spacial score (nSPS) is 27.3. The highest BCUT2D eigenvalue weighted by atomic mass is 16.1. The van der Waals surface area contributed by atoms with Crippen LogP contribution in [0, 0.1) is 17.8 Å². The standard InChI is InChI=1S/C16H19N3O2/c20-15(7-11-6-9-1-2-10(11)5-9)17-12-3-4-13-14(8-12)19-16(21)18-13/h3-4,8-11H,1-2,5-7H2,(H,17,20)(H2,18,19,21). The van der Waals surface area contributed by atoms with Gasteiger partial charge < -0.3 is 15.3 Å². The van der Waals surface area contributed by atoms with Gasteiger partial charge >= 0.3 is 5.69 Å². The van der Waals surface area contributed by atoms with Crippen molar-refractivity contribution in [3.63, 3.8) is 0 Å². The molecule has 3 atom stereocenters. The van der Waals surface area contributed by atoms with Gasteiger partial charge in [-0.3, -0.25) is 4.79 Å². The number of rotatable bonds is 3. The summed E-state index contributed by atoms with van der Waals surface area (Å²) in [6.07, 6.45) is 5.85. The Kier molecular flexibility index (Phi) is 2.87. The van der Waals surface area contributed by atoms with Gasteiger partial charge in [0.05, 0.1) is 11.0 Å². The van der Waals surface area contributed by atoms with E-state index < -0.39 is 0 Å². The van der Waals surface area contributed by atoms with Gasteiger partial charge in [0.1, 0.15) is 0 Å². The number of aromatic nitrogens is 2. The van der Waals surface area contributed by atoms with Crippen LogP contribution in [-0.2, 0) is 4.79 Å². The topological polar surface area (TPSA) is 77.8 Å². The van der Waals surface area contributed by atoms with E-state index in [4.69, 9.17) is 0 Å². The van der Waals surface area contributed by atoms with Crippen LogP contribution in [0.3, 0.4) is 0 Å². The summed E-state index contributed by atoms with van der Waals surface area (Å²) in [4.78, 5) is 28.8. The minimum atomic E-state index is -0.226. The summed E-state index contributed by atoms with van der Waals surface area (Å²) in [5, 5.41) is 2.95. The van der Waals surface area contributed by atoms with Crippen molar-refractivity contribution < 1.29 is 4.79 Å². The Hall–Kier alpha value is -2.04. The number of carbonyl (C=O) groups is 1. The van der Waals surface area contributed by atoms with E-state index in [9.17, 15) is 9.59 Å². The number of benzene rings is 1. The van der Waals surface area contributed by atoms with Crippen LogP contribution in [0.2, 0.25) is 0 Å². The molecule has 2 saturated carbocycles. The zero-order valence-corrected chi connectivity index (χ0v) is 11.8. The zero-order chi connectivity index (χ0) is 14.4. The summed E-state index contributed by atoms with van der Waals surface area (Å²) in [7, 11) is 0. The van der Waals surface area contributed by atoms with Gasteiger partial charge in [-0.25, -0.2) is 4.79 Å². The first-order valence-corrected chi connectivity index (χ1v) is 7.69. The molecule has 3 unspecified atom stereocenters. The van der Waals surface area contributed by atoms with Crippen LogP contribution in [0.5, 0.6) is 0 Å². The fourth-order valence-electron chi connectivity index (χ4n) is 4.19. The molecule has 0 saturated heterocycles. The van der Waals surface area contributed by atoms with Crippen LogP contribution in [0.4, 0.5) is 5.69 Å². The lowest BCUT2D eigenvalue weighted by atomic mass is 9.86. The molecule has 0 aliphatic heterocycles. The largest absolute Gasteiger partial charge is 0.326 e. The summed E-state index contributed by atoms with van der Waals surface area (Å²) in [5.74, 6) is 2.29. The Morgan fingerprint density at radius 1 is 1.19 bits per heavy atom. The fourth-order valence-corrected chi connectivity index (χ4v) is 4.19. The van der Waals surface area contributed by atoms with Crippen molar-refractivity contribution in [3.05, 3.63) is 28.7 Å². The third-order valence-corrected chi connectivity index (χ3v) is 5.13. The Morgan fingerprint density at radius 2 is 2.05 bits per heavy atom. The third-order valence-electron chi connectivity index (χ3n) is 5.13. The molecule has 110 valence electrons. The average molecular weight is 285 g/mol. The van der Waals surface area contributed by atoms with Gasteiger partial charge in [-0.05, 0) is 55.2 Å². The third kappa shape index (κ3) is 2.37. The van der Waals surface area contributed by atoms with Gasteiger partial charge in [0.2, 0.25) is 5.91 Å². The van der Waals surface area contributed by atoms with Crippen molar-refractivity contribution in [1.29, 1.82) is 0 Å². The lowest BCUT2D eigenvalue weighted by Gasteiger charge is -2.20. The fraction of sp³-hybridized carbons (Fsp3) is 0.500. The Bertz CT molecular complexity index is 745. The lowest BCUT2D eigenvalue weighted by molar-refractivity contribution is -0.117. The molecule has 2 aromatic rings. The van der Waals surface area contributed by atoms with Crippen LogP contribution in [0.15, 0.2) is 23.0 Å². The smallest absolute Gasteiger partial charge is 0.323 e. The molecule has 0 radical (unpaired) electrons.